The van der Waals surface area contributed by atoms with Crippen LogP contribution < -0.4 is 5.32 Å². The lowest BCUT2D eigenvalue weighted by molar-refractivity contribution is -0.870. The zero-order valence-electron chi connectivity index (χ0n) is 49.9. The molecule has 0 aliphatic carbocycles. The zero-order chi connectivity index (χ0) is 54.3. The van der Waals surface area contributed by atoms with Crippen molar-refractivity contribution in [3.63, 3.8) is 0 Å². The van der Waals surface area contributed by atoms with Crippen LogP contribution in [0, 0.1) is 0 Å². The van der Waals surface area contributed by atoms with Crippen molar-refractivity contribution in [3.8, 4) is 0 Å². The largest absolute Gasteiger partial charge is 0.472 e. The highest BCUT2D eigenvalue weighted by Crippen LogP contribution is 2.43. The van der Waals surface area contributed by atoms with E-state index in [2.05, 4.69) is 44.3 Å². The van der Waals surface area contributed by atoms with Crippen molar-refractivity contribution in [3.05, 3.63) is 36.5 Å². The molecule has 436 valence electrons. The van der Waals surface area contributed by atoms with E-state index < -0.39 is 20.0 Å². The molecule has 0 aliphatic rings. The van der Waals surface area contributed by atoms with Crippen LogP contribution in [0.3, 0.4) is 0 Å². The highest BCUT2D eigenvalue weighted by atomic mass is 31.2. The monoisotopic (exact) mass is 1060 g/mol. The molecule has 3 atom stereocenters. The molecule has 0 spiro atoms. The normalized spacial score (nSPS) is 13.9. The fourth-order valence-corrected chi connectivity index (χ4v) is 10.1. The fraction of sp³-hybridized carbons (Fsp3) is 0.875. The molecule has 0 bridgehead atoms. The van der Waals surface area contributed by atoms with Gasteiger partial charge < -0.3 is 19.4 Å². The van der Waals surface area contributed by atoms with Gasteiger partial charge >= 0.3 is 13.8 Å². The number of hydrogen-bond donors (Lipinski definition) is 2. The Morgan fingerprint density at radius 3 is 1.24 bits per heavy atom. The standard InChI is InChI=1S/C64H123N2O7P/c1-7-10-13-16-19-22-25-28-29-30-31-32-33-34-35-36-37-39-42-45-48-51-54-57-64(68)73-62(55-52-49-46-43-40-27-24-21-18-15-12-9-3)61(60-72-74(69,70)71-59-58-66(4,5)6)65-63(67)56-53-50-47-44-41-38-26-23-20-17-14-11-8-2/h38,41,47,50,52,55,61-62H,7-37,39-40,42-46,48-49,51,53-54,56-60H2,1-6H3,(H-,65,67,69,70)/p+1/b41-38-,50-47+,55-52-. The van der Waals surface area contributed by atoms with Gasteiger partial charge in [-0.3, -0.25) is 18.6 Å². The molecular weight excluding hydrogens is 940 g/mol. The second kappa shape index (κ2) is 54.6. The summed E-state index contributed by atoms with van der Waals surface area (Å²) >= 11 is 0. The van der Waals surface area contributed by atoms with Gasteiger partial charge in [0.15, 0.2) is 0 Å². The average Bonchev–Trinajstić information content (AvgIpc) is 3.36. The molecule has 0 aromatic heterocycles. The minimum Gasteiger partial charge on any atom is -0.456 e. The van der Waals surface area contributed by atoms with Crippen LogP contribution in [0.4, 0.5) is 0 Å². The van der Waals surface area contributed by atoms with Crippen molar-refractivity contribution in [2.75, 3.05) is 40.9 Å². The Labute approximate surface area is 459 Å². The van der Waals surface area contributed by atoms with Gasteiger partial charge in [0.05, 0.1) is 33.8 Å². The molecule has 0 heterocycles. The number of carbonyl (C=O) groups excluding carboxylic acids is 2. The number of unbranched alkanes of at least 4 members (excludes halogenated alkanes) is 38. The van der Waals surface area contributed by atoms with E-state index in [1.807, 2.05) is 39.4 Å². The van der Waals surface area contributed by atoms with Gasteiger partial charge in [-0.2, -0.15) is 0 Å². The van der Waals surface area contributed by atoms with Crippen molar-refractivity contribution in [1.82, 2.24) is 5.32 Å². The molecule has 0 aromatic carbocycles. The Morgan fingerprint density at radius 2 is 0.838 bits per heavy atom. The van der Waals surface area contributed by atoms with Crippen molar-refractivity contribution in [2.45, 2.75) is 322 Å². The van der Waals surface area contributed by atoms with E-state index in [1.165, 1.54) is 218 Å². The lowest BCUT2D eigenvalue weighted by Gasteiger charge is -2.27. The van der Waals surface area contributed by atoms with E-state index in [1.54, 1.807) is 0 Å². The third-order valence-electron chi connectivity index (χ3n) is 14.3. The molecule has 1 amide bonds. The maximum atomic E-state index is 13.5. The second-order valence-corrected chi connectivity index (χ2v) is 24.4. The van der Waals surface area contributed by atoms with E-state index in [9.17, 15) is 19.0 Å². The Hall–Kier alpha value is -1.77. The van der Waals surface area contributed by atoms with E-state index in [0.717, 1.165) is 51.4 Å². The van der Waals surface area contributed by atoms with Gasteiger partial charge in [0.1, 0.15) is 19.3 Å². The highest BCUT2D eigenvalue weighted by Gasteiger charge is 2.30. The molecule has 2 N–H and O–H groups in total. The van der Waals surface area contributed by atoms with Gasteiger partial charge in [-0.05, 0) is 51.0 Å². The first-order valence-corrected chi connectivity index (χ1v) is 33.3. The molecule has 0 saturated heterocycles. The number of amides is 1. The maximum absolute atomic E-state index is 13.5. The molecule has 0 rings (SSSR count). The lowest BCUT2D eigenvalue weighted by Crippen LogP contribution is -2.47. The third-order valence-corrected chi connectivity index (χ3v) is 15.3. The number of quaternary nitrogens is 1. The van der Waals surface area contributed by atoms with Gasteiger partial charge in [-0.1, -0.05) is 282 Å². The molecule has 74 heavy (non-hydrogen) atoms. The van der Waals surface area contributed by atoms with Crippen LogP contribution >= 0.6 is 7.82 Å². The van der Waals surface area contributed by atoms with Crippen LogP contribution in [-0.4, -0.2) is 74.3 Å². The Morgan fingerprint density at radius 1 is 0.473 bits per heavy atom. The van der Waals surface area contributed by atoms with Gasteiger partial charge in [-0.15, -0.1) is 0 Å². The van der Waals surface area contributed by atoms with Crippen molar-refractivity contribution < 1.29 is 37.3 Å². The van der Waals surface area contributed by atoms with Crippen molar-refractivity contribution in [2.24, 2.45) is 0 Å². The highest BCUT2D eigenvalue weighted by molar-refractivity contribution is 7.47. The molecule has 9 nitrogen and oxygen atoms in total. The zero-order valence-corrected chi connectivity index (χ0v) is 50.7. The van der Waals surface area contributed by atoms with Crippen molar-refractivity contribution in [1.29, 1.82) is 0 Å². The smallest absolute Gasteiger partial charge is 0.456 e. The predicted octanol–water partition coefficient (Wildman–Crippen LogP) is 19.5. The SMILES string of the molecule is CCCCCCCC/C=C\C/C=C/CCC(=O)NC(COP(=O)(O)OCC[N+](C)(C)C)C(/C=C\CCCCCCCCCCCC)OC(=O)CCCCCCCCCCCCCCCCCCCCCCCCC. The second-order valence-electron chi connectivity index (χ2n) is 22.9. The summed E-state index contributed by atoms with van der Waals surface area (Å²) < 4.78 is 30.6. The van der Waals surface area contributed by atoms with E-state index >= 15 is 0 Å². The number of esters is 1. The number of nitrogens with one attached hydrogen (secondary N) is 1. The molecule has 0 aliphatic heterocycles. The molecular formula is C64H124N2O7P+. The molecule has 10 heteroatoms. The summed E-state index contributed by atoms with van der Waals surface area (Å²) in [5, 5.41) is 3.02. The first-order valence-electron chi connectivity index (χ1n) is 31.8. The molecule has 0 fully saturated rings. The van der Waals surface area contributed by atoms with E-state index in [-0.39, 0.29) is 37.9 Å². The summed E-state index contributed by atoms with van der Waals surface area (Å²) in [4.78, 5) is 37.6. The fourth-order valence-electron chi connectivity index (χ4n) is 9.40. The quantitative estimate of drug-likeness (QED) is 0.0205. The number of ether oxygens (including phenoxy) is 1. The number of hydrogen-bond acceptors (Lipinski definition) is 6. The third kappa shape index (κ3) is 55.0. The van der Waals surface area contributed by atoms with Crippen LogP contribution in [0.25, 0.3) is 0 Å². The number of rotatable bonds is 58. The number of likely N-dealkylation sites (N-methyl/N-ethyl adjacent to an activating group) is 1. The summed E-state index contributed by atoms with van der Waals surface area (Å²) in [5.41, 5.74) is 0. The topological polar surface area (TPSA) is 111 Å². The number of phosphoric ester groups is 1. The summed E-state index contributed by atoms with van der Waals surface area (Å²) in [6.45, 7) is 6.99. The average molecular weight is 1060 g/mol. The predicted molar refractivity (Wildman–Crippen MR) is 319 cm³/mol. The molecule has 3 unspecified atom stereocenters. The van der Waals surface area contributed by atoms with Gasteiger partial charge in [-0.25, -0.2) is 4.57 Å². The number of allylic oxidation sites excluding steroid dienone is 5. The number of carbonyl (C=O) groups is 2. The minimum absolute atomic E-state index is 0.0333. The van der Waals surface area contributed by atoms with Gasteiger partial charge in [0.2, 0.25) is 5.91 Å². The van der Waals surface area contributed by atoms with Crippen LogP contribution in [-0.2, 0) is 27.9 Å². The van der Waals surface area contributed by atoms with Gasteiger partial charge in [0.25, 0.3) is 0 Å². The minimum atomic E-state index is -4.46. The van der Waals surface area contributed by atoms with Crippen LogP contribution in [0.2, 0.25) is 0 Å². The molecule has 0 aromatic rings. The van der Waals surface area contributed by atoms with E-state index in [0.29, 0.717) is 17.4 Å². The van der Waals surface area contributed by atoms with Crippen molar-refractivity contribution >= 4 is 19.7 Å². The summed E-state index contributed by atoms with van der Waals surface area (Å²) in [7, 11) is 1.48. The molecule has 0 radical (unpaired) electrons. The number of phosphoric acid groups is 1. The summed E-state index contributed by atoms with van der Waals surface area (Å²) in [6.07, 6.45) is 66.0. The van der Waals surface area contributed by atoms with E-state index in [4.69, 9.17) is 13.8 Å². The first-order chi connectivity index (χ1) is 35.9. The molecule has 0 saturated carbocycles. The maximum Gasteiger partial charge on any atom is 0.472 e. The number of nitrogens with zero attached hydrogens (tertiary/aromatic N) is 1. The van der Waals surface area contributed by atoms with Crippen LogP contribution in [0.15, 0.2) is 36.5 Å². The summed E-state index contributed by atoms with van der Waals surface area (Å²) in [5.74, 6) is -0.570. The summed E-state index contributed by atoms with van der Waals surface area (Å²) in [6, 6.07) is -0.874. The Balaban J connectivity index is 5.15. The van der Waals surface area contributed by atoms with Gasteiger partial charge in [0, 0.05) is 12.8 Å². The first kappa shape index (κ1) is 72.2. The Kier molecular flexibility index (Phi) is 53.3. The Bertz CT molecular complexity index is 1360. The van der Waals surface area contributed by atoms with Crippen LogP contribution in [0.1, 0.15) is 310 Å². The van der Waals surface area contributed by atoms with Crippen LogP contribution in [0.5, 0.6) is 0 Å². The lowest BCUT2D eigenvalue weighted by atomic mass is 10.0.